The van der Waals surface area contributed by atoms with Crippen molar-refractivity contribution in [2.24, 2.45) is 0 Å². The highest BCUT2D eigenvalue weighted by Crippen LogP contribution is 2.29. The predicted octanol–water partition coefficient (Wildman–Crippen LogP) is 3.87. The fourth-order valence-corrected chi connectivity index (χ4v) is 2.48. The molecule has 28 heavy (non-hydrogen) atoms. The number of carbonyl (C=O) groups excluding carboxylic acids is 2. The van der Waals surface area contributed by atoms with Crippen molar-refractivity contribution in [3.05, 3.63) is 59.2 Å². The quantitative estimate of drug-likeness (QED) is 0.391. The molecular weight excluding hydrogens is 360 g/mol. The largest absolute Gasteiger partial charge is 0.493 e. The van der Waals surface area contributed by atoms with Crippen LogP contribution in [-0.2, 0) is 14.3 Å². The van der Waals surface area contributed by atoms with Gasteiger partial charge in [-0.3, -0.25) is 4.79 Å². The van der Waals surface area contributed by atoms with E-state index in [1.165, 1.54) is 20.3 Å². The number of rotatable bonds is 8. The summed E-state index contributed by atoms with van der Waals surface area (Å²) in [6.45, 7) is 4.19. The second-order valence-corrected chi connectivity index (χ2v) is 6.11. The van der Waals surface area contributed by atoms with Crippen LogP contribution in [0.2, 0.25) is 0 Å². The fraction of sp³-hybridized carbons (Fsp3) is 0.273. The standard InChI is InChI=1S/C22H24O6/c1-15-5-8-18(16(2)13-15)27-12-11-22(24)28-19-9-6-17(14-20(19)25-3)7-10-21(23)26-4/h5-10,13-14H,11-12H2,1-4H3/b10-7+. The molecule has 0 aliphatic rings. The number of ether oxygens (including phenoxy) is 4. The third-order valence-corrected chi connectivity index (χ3v) is 3.92. The molecule has 6 nitrogen and oxygen atoms in total. The molecule has 2 aromatic rings. The van der Waals surface area contributed by atoms with Crippen LogP contribution in [0.25, 0.3) is 6.08 Å². The predicted molar refractivity (Wildman–Crippen MR) is 106 cm³/mol. The average molecular weight is 384 g/mol. The van der Waals surface area contributed by atoms with E-state index in [2.05, 4.69) is 4.74 Å². The van der Waals surface area contributed by atoms with Crippen molar-refractivity contribution < 1.29 is 28.5 Å². The molecule has 0 aliphatic carbocycles. The molecule has 0 aromatic heterocycles. The van der Waals surface area contributed by atoms with Crippen molar-refractivity contribution >= 4 is 18.0 Å². The molecule has 6 heteroatoms. The Morgan fingerprint density at radius 3 is 2.39 bits per heavy atom. The first kappa shape index (κ1) is 21.0. The molecule has 0 heterocycles. The zero-order chi connectivity index (χ0) is 20.5. The Hall–Kier alpha value is -3.28. The van der Waals surface area contributed by atoms with E-state index in [-0.39, 0.29) is 13.0 Å². The van der Waals surface area contributed by atoms with Gasteiger partial charge in [-0.1, -0.05) is 23.8 Å². The fourth-order valence-electron chi connectivity index (χ4n) is 2.48. The van der Waals surface area contributed by atoms with Gasteiger partial charge in [0, 0.05) is 6.08 Å². The zero-order valence-electron chi connectivity index (χ0n) is 16.5. The molecule has 0 radical (unpaired) electrons. The number of esters is 2. The van der Waals surface area contributed by atoms with Crippen LogP contribution in [0.5, 0.6) is 17.2 Å². The summed E-state index contributed by atoms with van der Waals surface area (Å²) in [5.74, 6) is 0.543. The van der Waals surface area contributed by atoms with Crippen LogP contribution in [0.4, 0.5) is 0 Å². The molecule has 0 amide bonds. The van der Waals surface area contributed by atoms with Gasteiger partial charge in [0.1, 0.15) is 5.75 Å². The Morgan fingerprint density at radius 2 is 1.71 bits per heavy atom. The molecule has 0 saturated heterocycles. The SMILES string of the molecule is COC(=O)/C=C/c1ccc(OC(=O)CCOc2ccc(C)cc2C)c(OC)c1. The minimum atomic E-state index is -0.460. The molecule has 0 spiro atoms. The Morgan fingerprint density at radius 1 is 0.964 bits per heavy atom. The van der Waals surface area contributed by atoms with Crippen molar-refractivity contribution in [2.75, 3.05) is 20.8 Å². The highest BCUT2D eigenvalue weighted by atomic mass is 16.6. The summed E-state index contributed by atoms with van der Waals surface area (Å²) < 4.78 is 20.8. The lowest BCUT2D eigenvalue weighted by Crippen LogP contribution is -2.13. The Bertz CT molecular complexity index is 869. The second kappa shape index (κ2) is 10.2. The molecule has 0 aliphatic heterocycles. The minimum absolute atomic E-state index is 0.0977. The van der Waals surface area contributed by atoms with Crippen LogP contribution in [0.3, 0.4) is 0 Å². The summed E-state index contributed by atoms with van der Waals surface area (Å²) in [5.41, 5.74) is 2.88. The highest BCUT2D eigenvalue weighted by molar-refractivity contribution is 5.87. The number of aryl methyl sites for hydroxylation is 2. The summed E-state index contributed by atoms with van der Waals surface area (Å²) in [7, 11) is 2.78. The number of carbonyl (C=O) groups is 2. The van der Waals surface area contributed by atoms with Gasteiger partial charge < -0.3 is 18.9 Å². The summed E-state index contributed by atoms with van der Waals surface area (Å²) in [6, 6.07) is 10.8. The summed E-state index contributed by atoms with van der Waals surface area (Å²) in [5, 5.41) is 0. The van der Waals surface area contributed by atoms with Crippen LogP contribution in [0.1, 0.15) is 23.1 Å². The maximum absolute atomic E-state index is 12.1. The van der Waals surface area contributed by atoms with Crippen LogP contribution >= 0.6 is 0 Å². The van der Waals surface area contributed by atoms with Crippen LogP contribution in [0.15, 0.2) is 42.5 Å². The zero-order valence-corrected chi connectivity index (χ0v) is 16.5. The molecule has 0 N–H and O–H groups in total. The number of benzene rings is 2. The van der Waals surface area contributed by atoms with Gasteiger partial charge >= 0.3 is 11.9 Å². The molecule has 2 rings (SSSR count). The van der Waals surface area contributed by atoms with E-state index in [9.17, 15) is 9.59 Å². The first-order valence-corrected chi connectivity index (χ1v) is 8.77. The van der Waals surface area contributed by atoms with Crippen molar-refractivity contribution in [3.63, 3.8) is 0 Å². The number of hydrogen-bond donors (Lipinski definition) is 0. The second-order valence-electron chi connectivity index (χ2n) is 6.11. The topological polar surface area (TPSA) is 71.1 Å². The molecule has 0 fully saturated rings. The summed E-state index contributed by atoms with van der Waals surface area (Å²) >= 11 is 0. The molecule has 0 atom stereocenters. The van der Waals surface area contributed by atoms with E-state index < -0.39 is 11.9 Å². The van der Waals surface area contributed by atoms with Gasteiger partial charge in [0.15, 0.2) is 11.5 Å². The van der Waals surface area contributed by atoms with Crippen LogP contribution < -0.4 is 14.2 Å². The van der Waals surface area contributed by atoms with Gasteiger partial charge in [-0.05, 0) is 49.2 Å². The Kier molecular flexibility index (Phi) is 7.63. The lowest BCUT2D eigenvalue weighted by molar-refractivity contribution is -0.135. The van der Waals surface area contributed by atoms with Crippen molar-refractivity contribution in [3.8, 4) is 17.2 Å². The van der Waals surface area contributed by atoms with E-state index in [0.717, 1.165) is 16.9 Å². The summed E-state index contributed by atoms with van der Waals surface area (Å²) in [6.07, 6.45) is 2.98. The number of methoxy groups -OCH3 is 2. The molecule has 0 saturated carbocycles. The van der Waals surface area contributed by atoms with Crippen LogP contribution in [-0.4, -0.2) is 32.8 Å². The van der Waals surface area contributed by atoms with E-state index in [1.807, 2.05) is 32.0 Å². The highest BCUT2D eigenvalue weighted by Gasteiger charge is 2.11. The van der Waals surface area contributed by atoms with E-state index in [4.69, 9.17) is 14.2 Å². The van der Waals surface area contributed by atoms with E-state index in [0.29, 0.717) is 17.1 Å². The Balaban J connectivity index is 1.93. The Labute approximate surface area is 164 Å². The van der Waals surface area contributed by atoms with Gasteiger partial charge in [-0.2, -0.15) is 0 Å². The van der Waals surface area contributed by atoms with Crippen molar-refractivity contribution in [1.29, 1.82) is 0 Å². The third kappa shape index (κ3) is 6.16. The van der Waals surface area contributed by atoms with Crippen molar-refractivity contribution in [2.45, 2.75) is 20.3 Å². The molecular formula is C22H24O6. The molecule has 0 unspecified atom stereocenters. The van der Waals surface area contributed by atoms with Crippen LogP contribution in [0, 0.1) is 13.8 Å². The van der Waals surface area contributed by atoms with Gasteiger partial charge in [-0.15, -0.1) is 0 Å². The van der Waals surface area contributed by atoms with E-state index >= 15 is 0 Å². The monoisotopic (exact) mass is 384 g/mol. The third-order valence-electron chi connectivity index (χ3n) is 3.92. The van der Waals surface area contributed by atoms with Gasteiger partial charge in [0.25, 0.3) is 0 Å². The van der Waals surface area contributed by atoms with Gasteiger partial charge in [-0.25, -0.2) is 4.79 Å². The lowest BCUT2D eigenvalue weighted by Gasteiger charge is -2.11. The normalized spacial score (nSPS) is 10.6. The molecule has 0 bridgehead atoms. The first-order valence-electron chi connectivity index (χ1n) is 8.77. The lowest BCUT2D eigenvalue weighted by atomic mass is 10.1. The summed E-state index contributed by atoms with van der Waals surface area (Å²) in [4.78, 5) is 23.3. The maximum atomic E-state index is 12.1. The average Bonchev–Trinajstić information content (AvgIpc) is 2.68. The smallest absolute Gasteiger partial charge is 0.330 e. The maximum Gasteiger partial charge on any atom is 0.330 e. The van der Waals surface area contributed by atoms with Gasteiger partial charge in [0.2, 0.25) is 0 Å². The van der Waals surface area contributed by atoms with E-state index in [1.54, 1.807) is 24.3 Å². The number of hydrogen-bond acceptors (Lipinski definition) is 6. The molecule has 148 valence electrons. The first-order chi connectivity index (χ1) is 13.4. The molecule has 2 aromatic carbocycles. The van der Waals surface area contributed by atoms with Gasteiger partial charge in [0.05, 0.1) is 27.2 Å². The minimum Gasteiger partial charge on any atom is -0.493 e. The van der Waals surface area contributed by atoms with Crippen molar-refractivity contribution in [1.82, 2.24) is 0 Å².